The summed E-state index contributed by atoms with van der Waals surface area (Å²) in [6, 6.07) is 27.2. The zero-order valence-electron chi connectivity index (χ0n) is 19.8. The van der Waals surface area contributed by atoms with Crippen LogP contribution in [0.25, 0.3) is 33.3 Å². The van der Waals surface area contributed by atoms with Crippen molar-refractivity contribution in [3.8, 4) is 11.5 Å². The number of anilines is 1. The van der Waals surface area contributed by atoms with Crippen molar-refractivity contribution in [2.24, 2.45) is 0 Å². The van der Waals surface area contributed by atoms with Crippen molar-refractivity contribution in [3.05, 3.63) is 96.1 Å². The zero-order valence-corrected chi connectivity index (χ0v) is 20.6. The Labute approximate surface area is 209 Å². The summed E-state index contributed by atoms with van der Waals surface area (Å²) in [5, 5.41) is 8.21. The quantitative estimate of drug-likeness (QED) is 0.271. The normalized spacial score (nSPS) is 11.5. The molecule has 1 aromatic heterocycles. The highest BCUT2D eigenvalue weighted by Gasteiger charge is 2.15. The molecule has 0 aliphatic heterocycles. The molecule has 1 amide bonds. The van der Waals surface area contributed by atoms with E-state index in [0.717, 1.165) is 33.1 Å². The number of benzene rings is 4. The largest absolute Gasteiger partial charge is 0.436 e. The van der Waals surface area contributed by atoms with Gasteiger partial charge in [-0.3, -0.25) is 10.1 Å². The highest BCUT2D eigenvalue weighted by molar-refractivity contribution is 7.80. The summed E-state index contributed by atoms with van der Waals surface area (Å²) in [6.07, 6.45) is 0. The summed E-state index contributed by atoms with van der Waals surface area (Å²) >= 11 is 5.38. The fraction of sp³-hybridized carbons (Fsp3) is 0.138. The molecule has 0 aliphatic rings. The predicted molar refractivity (Wildman–Crippen MR) is 146 cm³/mol. The summed E-state index contributed by atoms with van der Waals surface area (Å²) in [6.45, 7) is 6.41. The second kappa shape index (κ2) is 8.96. The van der Waals surface area contributed by atoms with E-state index in [2.05, 4.69) is 37.5 Å². The summed E-state index contributed by atoms with van der Waals surface area (Å²) in [7, 11) is 0. The smallest absolute Gasteiger partial charge is 0.257 e. The van der Waals surface area contributed by atoms with Gasteiger partial charge >= 0.3 is 0 Å². The molecule has 0 radical (unpaired) electrons. The van der Waals surface area contributed by atoms with Gasteiger partial charge in [0.25, 0.3) is 5.91 Å². The van der Waals surface area contributed by atoms with Gasteiger partial charge in [0.2, 0.25) is 5.89 Å². The van der Waals surface area contributed by atoms with Crippen LogP contribution in [0.4, 0.5) is 5.69 Å². The Kier molecular flexibility index (Phi) is 5.83. The number of carbonyl (C=O) groups excluding carboxylic acids is 1. The van der Waals surface area contributed by atoms with Crippen LogP contribution in [-0.4, -0.2) is 16.0 Å². The number of amides is 1. The predicted octanol–water partition coefficient (Wildman–Crippen LogP) is 7.07. The molecule has 0 bridgehead atoms. The third kappa shape index (κ3) is 4.79. The summed E-state index contributed by atoms with van der Waals surface area (Å²) < 4.78 is 6.04. The molecule has 5 rings (SSSR count). The second-order valence-electron chi connectivity index (χ2n) is 9.47. The molecule has 0 saturated carbocycles. The van der Waals surface area contributed by atoms with Gasteiger partial charge in [0.05, 0.1) is 0 Å². The molecule has 35 heavy (non-hydrogen) atoms. The lowest BCUT2D eigenvalue weighted by Gasteiger charge is -2.19. The molecular weight excluding hydrogens is 454 g/mol. The fourth-order valence-electron chi connectivity index (χ4n) is 3.97. The van der Waals surface area contributed by atoms with Crippen molar-refractivity contribution in [1.82, 2.24) is 10.3 Å². The van der Waals surface area contributed by atoms with Crippen LogP contribution in [0.2, 0.25) is 0 Å². The molecule has 4 aromatic carbocycles. The minimum absolute atomic E-state index is 0.0265. The maximum Gasteiger partial charge on any atom is 0.257 e. The van der Waals surface area contributed by atoms with Gasteiger partial charge in [0.15, 0.2) is 10.7 Å². The molecule has 5 nitrogen and oxygen atoms in total. The molecule has 0 atom stereocenters. The van der Waals surface area contributed by atoms with E-state index in [-0.39, 0.29) is 16.4 Å². The van der Waals surface area contributed by atoms with Crippen molar-refractivity contribution in [3.63, 3.8) is 0 Å². The first-order valence-electron chi connectivity index (χ1n) is 11.4. The number of aromatic nitrogens is 1. The van der Waals surface area contributed by atoms with Crippen molar-refractivity contribution in [2.45, 2.75) is 26.2 Å². The number of rotatable bonds is 3. The van der Waals surface area contributed by atoms with Crippen molar-refractivity contribution in [2.75, 3.05) is 5.32 Å². The third-order valence-corrected chi connectivity index (χ3v) is 6.10. The van der Waals surface area contributed by atoms with Crippen LogP contribution in [0.15, 0.2) is 89.3 Å². The number of fused-ring (bicyclic) bond motifs is 3. The SMILES string of the molecule is CC(C)(C)c1ccc(C(=O)NC(=S)Nc2cccc(-c3nc4c(ccc5ccccc54)o3)c2)cc1. The fourth-order valence-corrected chi connectivity index (χ4v) is 4.18. The number of nitrogens with one attached hydrogen (secondary N) is 2. The van der Waals surface area contributed by atoms with Crippen LogP contribution >= 0.6 is 12.2 Å². The molecule has 0 unspecified atom stereocenters. The Bertz CT molecular complexity index is 1560. The molecule has 6 heteroatoms. The Morgan fingerprint density at radius 1 is 0.914 bits per heavy atom. The summed E-state index contributed by atoms with van der Waals surface area (Å²) in [5.41, 5.74) is 4.84. The Morgan fingerprint density at radius 2 is 1.69 bits per heavy atom. The maximum absolute atomic E-state index is 12.6. The average molecular weight is 480 g/mol. The molecular formula is C29H25N3O2S. The van der Waals surface area contributed by atoms with Gasteiger partial charge in [-0.1, -0.05) is 69.3 Å². The van der Waals surface area contributed by atoms with E-state index in [9.17, 15) is 4.79 Å². The topological polar surface area (TPSA) is 67.2 Å². The standard InChI is InChI=1S/C29H25N3O2S/c1-29(2,3)21-14-11-19(12-15-21)26(33)32-28(35)30-22-9-6-8-20(17-22)27-31-25-23-10-5-4-7-18(23)13-16-24(25)34-27/h4-17H,1-3H3,(H2,30,32,33,35). The first kappa shape index (κ1) is 22.7. The lowest BCUT2D eigenvalue weighted by Crippen LogP contribution is -2.34. The van der Waals surface area contributed by atoms with Gasteiger partial charge in [-0.2, -0.15) is 0 Å². The molecule has 0 saturated heterocycles. The minimum atomic E-state index is -0.259. The Hall–Kier alpha value is -4.03. The van der Waals surface area contributed by atoms with Crippen molar-refractivity contribution in [1.29, 1.82) is 0 Å². The third-order valence-electron chi connectivity index (χ3n) is 5.89. The van der Waals surface area contributed by atoms with Gasteiger partial charge in [-0.15, -0.1) is 0 Å². The van der Waals surface area contributed by atoms with E-state index in [1.165, 1.54) is 5.56 Å². The van der Waals surface area contributed by atoms with Crippen molar-refractivity contribution >= 4 is 50.8 Å². The van der Waals surface area contributed by atoms with E-state index in [4.69, 9.17) is 21.6 Å². The van der Waals surface area contributed by atoms with E-state index in [1.807, 2.05) is 78.9 Å². The molecule has 5 aromatic rings. The molecule has 0 spiro atoms. The number of carbonyl (C=O) groups is 1. The lowest BCUT2D eigenvalue weighted by molar-refractivity contribution is 0.0977. The first-order chi connectivity index (χ1) is 16.8. The second-order valence-corrected chi connectivity index (χ2v) is 9.88. The Balaban J connectivity index is 1.31. The lowest BCUT2D eigenvalue weighted by atomic mass is 9.87. The number of oxazole rings is 1. The van der Waals surface area contributed by atoms with Gasteiger partial charge in [0, 0.05) is 22.2 Å². The number of nitrogens with zero attached hydrogens (tertiary/aromatic N) is 1. The van der Waals surface area contributed by atoms with Gasteiger partial charge in [0.1, 0.15) is 5.52 Å². The van der Waals surface area contributed by atoms with E-state index in [1.54, 1.807) is 0 Å². The Morgan fingerprint density at radius 3 is 2.46 bits per heavy atom. The van der Waals surface area contributed by atoms with Crippen molar-refractivity contribution < 1.29 is 9.21 Å². The van der Waals surface area contributed by atoms with Crippen LogP contribution in [0.3, 0.4) is 0 Å². The van der Waals surface area contributed by atoms with E-state index >= 15 is 0 Å². The van der Waals surface area contributed by atoms with E-state index in [0.29, 0.717) is 11.5 Å². The van der Waals surface area contributed by atoms with E-state index < -0.39 is 0 Å². The maximum atomic E-state index is 12.6. The van der Waals surface area contributed by atoms with Crippen LogP contribution in [0.1, 0.15) is 36.7 Å². The molecule has 0 aliphatic carbocycles. The zero-order chi connectivity index (χ0) is 24.6. The molecule has 174 valence electrons. The average Bonchev–Trinajstić information content (AvgIpc) is 3.29. The van der Waals surface area contributed by atoms with Crippen LogP contribution < -0.4 is 10.6 Å². The summed E-state index contributed by atoms with van der Waals surface area (Å²) in [4.78, 5) is 17.4. The van der Waals surface area contributed by atoms with Crippen LogP contribution in [-0.2, 0) is 5.41 Å². The summed E-state index contributed by atoms with van der Waals surface area (Å²) in [5.74, 6) is 0.263. The van der Waals surface area contributed by atoms with Gasteiger partial charge < -0.3 is 9.73 Å². The van der Waals surface area contributed by atoms with Crippen LogP contribution in [0.5, 0.6) is 0 Å². The van der Waals surface area contributed by atoms with Crippen LogP contribution in [0, 0.1) is 0 Å². The first-order valence-corrected chi connectivity index (χ1v) is 11.8. The monoisotopic (exact) mass is 479 g/mol. The number of thiocarbonyl (C=S) groups is 1. The van der Waals surface area contributed by atoms with Gasteiger partial charge in [-0.25, -0.2) is 4.98 Å². The highest BCUT2D eigenvalue weighted by atomic mass is 32.1. The molecule has 1 heterocycles. The molecule has 2 N–H and O–H groups in total. The minimum Gasteiger partial charge on any atom is -0.436 e. The molecule has 0 fully saturated rings. The van der Waals surface area contributed by atoms with Gasteiger partial charge in [-0.05, 0) is 65.0 Å². The highest BCUT2D eigenvalue weighted by Crippen LogP contribution is 2.30. The number of hydrogen-bond acceptors (Lipinski definition) is 4. The number of hydrogen-bond donors (Lipinski definition) is 2.